The van der Waals surface area contributed by atoms with E-state index in [1.165, 1.54) is 0 Å². The zero-order valence-electron chi connectivity index (χ0n) is 24.9. The van der Waals surface area contributed by atoms with Crippen LogP contribution in [-0.2, 0) is 19.7 Å². The second kappa shape index (κ2) is 11.4. The zero-order valence-corrected chi connectivity index (χ0v) is 24.9. The molecular formula is C31H44N4O4. The number of nitrogens with one attached hydrogen (secondary N) is 1. The van der Waals surface area contributed by atoms with Gasteiger partial charge in [0.1, 0.15) is 11.6 Å². The smallest absolute Gasteiger partial charge is 0.410 e. The number of pyridine rings is 1. The first-order valence-electron chi connectivity index (χ1n) is 13.6. The summed E-state index contributed by atoms with van der Waals surface area (Å²) in [5.74, 6) is -1.00. The number of hydrogen-bond donors (Lipinski definition) is 1. The number of anilines is 1. The first kappa shape index (κ1) is 30.1. The van der Waals surface area contributed by atoms with Crippen molar-refractivity contribution in [3.8, 4) is 0 Å². The van der Waals surface area contributed by atoms with Crippen molar-refractivity contribution in [3.63, 3.8) is 0 Å². The molecule has 2 heterocycles. The average Bonchev–Trinajstić information content (AvgIpc) is 3.31. The molecule has 8 nitrogen and oxygen atoms in total. The van der Waals surface area contributed by atoms with E-state index in [0.29, 0.717) is 24.2 Å². The molecule has 1 saturated heterocycles. The molecule has 3 rings (SSSR count). The van der Waals surface area contributed by atoms with Gasteiger partial charge in [-0.1, -0.05) is 39.0 Å². The molecular weight excluding hydrogens is 492 g/mol. The quantitative estimate of drug-likeness (QED) is 0.535. The maximum Gasteiger partial charge on any atom is 0.410 e. The lowest BCUT2D eigenvalue weighted by molar-refractivity contribution is -0.129. The van der Waals surface area contributed by atoms with Crippen molar-refractivity contribution in [1.29, 1.82) is 0 Å². The van der Waals surface area contributed by atoms with Crippen LogP contribution in [0, 0.1) is 5.92 Å². The van der Waals surface area contributed by atoms with E-state index in [1.807, 2.05) is 71.9 Å². The summed E-state index contributed by atoms with van der Waals surface area (Å²) in [6, 6.07) is 10.4. The molecule has 0 radical (unpaired) electrons. The van der Waals surface area contributed by atoms with E-state index in [4.69, 9.17) is 4.74 Å². The van der Waals surface area contributed by atoms with Gasteiger partial charge in [0.2, 0.25) is 11.8 Å². The Hall–Kier alpha value is -3.42. The van der Waals surface area contributed by atoms with Gasteiger partial charge in [0.25, 0.3) is 0 Å². The highest BCUT2D eigenvalue weighted by Crippen LogP contribution is 2.34. The molecule has 2 atom stereocenters. The van der Waals surface area contributed by atoms with Crippen LogP contribution in [0.5, 0.6) is 0 Å². The predicted molar refractivity (Wildman–Crippen MR) is 153 cm³/mol. The van der Waals surface area contributed by atoms with E-state index in [2.05, 4.69) is 31.1 Å². The molecule has 1 aromatic carbocycles. The van der Waals surface area contributed by atoms with Gasteiger partial charge in [0.05, 0.1) is 5.92 Å². The number of hydrogen-bond acceptors (Lipinski definition) is 5. The van der Waals surface area contributed by atoms with Crippen molar-refractivity contribution >= 4 is 23.6 Å². The highest BCUT2D eigenvalue weighted by Gasteiger charge is 2.41. The Morgan fingerprint density at radius 1 is 1.00 bits per heavy atom. The number of rotatable bonds is 5. The number of nitrogens with zero attached hydrogens (tertiary/aromatic N) is 3. The largest absolute Gasteiger partial charge is 0.444 e. The zero-order chi connectivity index (χ0) is 29.2. The molecule has 212 valence electrons. The molecule has 1 unspecified atom stereocenters. The topological polar surface area (TPSA) is 91.8 Å². The molecule has 1 aromatic heterocycles. The van der Waals surface area contributed by atoms with Crippen molar-refractivity contribution in [1.82, 2.24) is 15.2 Å². The second-order valence-electron chi connectivity index (χ2n) is 13.3. The fraction of sp³-hybridized carbons (Fsp3) is 0.548. The summed E-state index contributed by atoms with van der Waals surface area (Å²) < 4.78 is 5.54. The lowest BCUT2D eigenvalue weighted by atomic mass is 9.87. The third kappa shape index (κ3) is 8.04. The van der Waals surface area contributed by atoms with E-state index >= 15 is 0 Å². The summed E-state index contributed by atoms with van der Waals surface area (Å²) in [7, 11) is 0. The molecule has 1 fully saturated rings. The Kier molecular flexibility index (Phi) is 8.78. The number of ether oxygens (including phenoxy) is 1. The van der Waals surface area contributed by atoms with Crippen LogP contribution >= 0.6 is 0 Å². The van der Waals surface area contributed by atoms with Gasteiger partial charge in [0, 0.05) is 42.3 Å². The van der Waals surface area contributed by atoms with Crippen LogP contribution in [-0.4, -0.2) is 52.0 Å². The molecule has 0 bridgehead atoms. The molecule has 1 aliphatic heterocycles. The van der Waals surface area contributed by atoms with Crippen LogP contribution < -0.4 is 10.2 Å². The van der Waals surface area contributed by atoms with Gasteiger partial charge in [-0.3, -0.25) is 19.5 Å². The lowest BCUT2D eigenvalue weighted by Gasteiger charge is -2.35. The number of aromatic nitrogens is 1. The Labute approximate surface area is 233 Å². The Morgan fingerprint density at radius 3 is 2.15 bits per heavy atom. The summed E-state index contributed by atoms with van der Waals surface area (Å²) in [5, 5.41) is 3.06. The van der Waals surface area contributed by atoms with Gasteiger partial charge in [-0.15, -0.1) is 0 Å². The first-order chi connectivity index (χ1) is 18.0. The van der Waals surface area contributed by atoms with E-state index in [-0.39, 0.29) is 23.8 Å². The van der Waals surface area contributed by atoms with Gasteiger partial charge in [-0.05, 0) is 77.1 Å². The van der Waals surface area contributed by atoms with Gasteiger partial charge in [-0.25, -0.2) is 4.79 Å². The fourth-order valence-electron chi connectivity index (χ4n) is 4.57. The number of benzene rings is 1. The molecule has 0 spiro atoms. The minimum Gasteiger partial charge on any atom is -0.444 e. The van der Waals surface area contributed by atoms with E-state index < -0.39 is 29.2 Å². The normalized spacial score (nSPS) is 16.9. The van der Waals surface area contributed by atoms with Gasteiger partial charge >= 0.3 is 6.09 Å². The van der Waals surface area contributed by atoms with Crippen molar-refractivity contribution in [3.05, 3.63) is 59.9 Å². The van der Waals surface area contributed by atoms with Crippen molar-refractivity contribution in [2.24, 2.45) is 5.92 Å². The van der Waals surface area contributed by atoms with E-state index in [9.17, 15) is 14.4 Å². The first-order valence-corrected chi connectivity index (χ1v) is 13.6. The van der Waals surface area contributed by atoms with E-state index in [0.717, 1.165) is 5.56 Å². The highest BCUT2D eigenvalue weighted by molar-refractivity contribution is 6.02. The third-order valence-corrected chi connectivity index (χ3v) is 6.44. The average molecular weight is 537 g/mol. The van der Waals surface area contributed by atoms with Crippen LogP contribution in [0.4, 0.5) is 10.5 Å². The van der Waals surface area contributed by atoms with Gasteiger partial charge < -0.3 is 15.0 Å². The summed E-state index contributed by atoms with van der Waals surface area (Å²) in [5.41, 5.74) is 1.13. The Bertz CT molecular complexity index is 1160. The molecule has 0 saturated carbocycles. The molecule has 2 aromatic rings. The highest BCUT2D eigenvalue weighted by atomic mass is 16.6. The number of amides is 3. The molecule has 3 amide bonds. The van der Waals surface area contributed by atoms with Crippen LogP contribution in [0.15, 0.2) is 48.8 Å². The molecule has 1 aliphatic rings. The molecule has 39 heavy (non-hydrogen) atoms. The van der Waals surface area contributed by atoms with Crippen molar-refractivity contribution < 1.29 is 19.1 Å². The Morgan fingerprint density at radius 2 is 1.64 bits per heavy atom. The van der Waals surface area contributed by atoms with Crippen LogP contribution in [0.2, 0.25) is 0 Å². The van der Waals surface area contributed by atoms with Crippen LogP contribution in [0.25, 0.3) is 0 Å². The number of likely N-dealkylation sites (tertiary alicyclic amines) is 1. The minimum atomic E-state index is -0.943. The minimum absolute atomic E-state index is 0.0703. The van der Waals surface area contributed by atoms with E-state index in [1.54, 1.807) is 28.3 Å². The monoisotopic (exact) mass is 536 g/mol. The fourth-order valence-corrected chi connectivity index (χ4v) is 4.57. The SMILES string of the molecule is CC(C)(C)NC(=O)C(c1cccnc1)N(C(=O)[C@H]1CCN(C(=O)OC(C)(C)C)C1)c1ccc(C(C)(C)C)cc1. The van der Waals surface area contributed by atoms with Crippen LogP contribution in [0.3, 0.4) is 0 Å². The standard InChI is InChI=1S/C31H44N4O4/c1-29(2,3)23-12-14-24(15-13-23)35(25(21-11-10-17-32-19-21)26(36)33-30(4,5)6)27(37)22-16-18-34(20-22)28(38)39-31(7,8)9/h10-15,17,19,22,25H,16,18,20H2,1-9H3,(H,33,36)/t22-,25?/m0/s1. The Balaban J connectivity index is 2.05. The summed E-state index contributed by atoms with van der Waals surface area (Å²) in [4.78, 5) is 48.3. The second-order valence-corrected chi connectivity index (χ2v) is 13.3. The summed E-state index contributed by atoms with van der Waals surface area (Å²) >= 11 is 0. The predicted octanol–water partition coefficient (Wildman–Crippen LogP) is 5.63. The lowest BCUT2D eigenvalue weighted by Crippen LogP contribution is -2.51. The van der Waals surface area contributed by atoms with Gasteiger partial charge in [-0.2, -0.15) is 0 Å². The maximum absolute atomic E-state index is 14.3. The van der Waals surface area contributed by atoms with Crippen molar-refractivity contribution in [2.75, 3.05) is 18.0 Å². The number of carbonyl (C=O) groups excluding carboxylic acids is 3. The van der Waals surface area contributed by atoms with Crippen molar-refractivity contribution in [2.45, 2.75) is 91.3 Å². The summed E-state index contributed by atoms with van der Waals surface area (Å²) in [6.07, 6.45) is 3.31. The maximum atomic E-state index is 14.3. The molecule has 1 N–H and O–H groups in total. The third-order valence-electron chi connectivity index (χ3n) is 6.44. The van der Waals surface area contributed by atoms with Gasteiger partial charge in [0.15, 0.2) is 0 Å². The molecule has 0 aliphatic carbocycles. The van der Waals surface area contributed by atoms with Crippen LogP contribution in [0.1, 0.15) is 85.9 Å². The summed E-state index contributed by atoms with van der Waals surface area (Å²) in [6.45, 7) is 18.2. The molecule has 8 heteroatoms. The number of carbonyl (C=O) groups is 3.